The zero-order valence-electron chi connectivity index (χ0n) is 12.3. The second-order valence-corrected chi connectivity index (χ2v) is 6.71. The van der Waals surface area contributed by atoms with Crippen LogP contribution in [0.5, 0.6) is 0 Å². The molecule has 1 aromatic carbocycles. The molecule has 0 aromatic heterocycles. The normalized spacial score (nSPS) is 34.4. The first-order chi connectivity index (χ1) is 11.1. The first kappa shape index (κ1) is 15.7. The molecule has 0 spiro atoms. The van der Waals surface area contributed by atoms with Crippen LogP contribution in [-0.2, 0) is 20.5 Å². The van der Waals surface area contributed by atoms with Gasteiger partial charge in [0.25, 0.3) is 0 Å². The summed E-state index contributed by atoms with van der Waals surface area (Å²) in [7, 11) is 0. The van der Waals surface area contributed by atoms with Crippen LogP contribution in [0, 0.1) is 11.8 Å². The summed E-state index contributed by atoms with van der Waals surface area (Å²) in [6, 6.07) is 3.02. The fourth-order valence-electron chi connectivity index (χ4n) is 3.78. The zero-order valence-corrected chi connectivity index (χ0v) is 13.1. The van der Waals surface area contributed by atoms with Crippen LogP contribution in [0.4, 0.5) is 18.9 Å². The number of hydrogen-bond donors (Lipinski definition) is 0. The number of hydrogen-bond acceptors (Lipinski definition) is 3. The molecule has 0 radical (unpaired) electrons. The highest BCUT2D eigenvalue weighted by Gasteiger charge is 2.66. The minimum atomic E-state index is -4.68. The molecule has 0 saturated carbocycles. The molecular formula is C16H11ClF3NO3. The van der Waals surface area contributed by atoms with E-state index < -0.39 is 52.1 Å². The molecule has 2 bridgehead atoms. The van der Waals surface area contributed by atoms with Crippen LogP contribution in [0.1, 0.15) is 12.5 Å². The van der Waals surface area contributed by atoms with E-state index in [2.05, 4.69) is 0 Å². The van der Waals surface area contributed by atoms with Crippen molar-refractivity contribution in [3.05, 3.63) is 40.9 Å². The monoisotopic (exact) mass is 357 g/mol. The first-order valence-electron chi connectivity index (χ1n) is 7.25. The Hall–Kier alpha value is -1.86. The molecule has 24 heavy (non-hydrogen) atoms. The Morgan fingerprint density at radius 2 is 1.96 bits per heavy atom. The summed E-state index contributed by atoms with van der Waals surface area (Å²) in [5.74, 6) is -2.50. The molecule has 0 unspecified atom stereocenters. The average Bonchev–Trinajstić information content (AvgIpc) is 3.08. The summed E-state index contributed by atoms with van der Waals surface area (Å²) in [6.45, 7) is 1.70. The van der Waals surface area contributed by atoms with E-state index in [9.17, 15) is 22.8 Å². The van der Waals surface area contributed by atoms with Crippen LogP contribution < -0.4 is 4.90 Å². The SMILES string of the molecule is C[C@@]12C=C[C@@H](O1)[C@@H]1C(=O)N(c3ccc(Cl)c(C(F)(F)F)c3)C(=O)[C@H]12. The Morgan fingerprint density at radius 3 is 2.58 bits per heavy atom. The van der Waals surface area contributed by atoms with Crippen LogP contribution in [0.3, 0.4) is 0 Å². The lowest BCUT2D eigenvalue weighted by molar-refractivity contribution is -0.137. The standard InChI is InChI=1S/C16H11ClF3NO3/c1-15-5-4-10(24-15)11-12(15)14(23)21(13(11)22)7-2-3-9(17)8(6-7)16(18,19)20/h2-6,10-12H,1H3/t10-,11+,12+,15+/m1/s1. The number of amides is 2. The van der Waals surface area contributed by atoms with E-state index in [-0.39, 0.29) is 5.69 Å². The number of halogens is 4. The van der Waals surface area contributed by atoms with Gasteiger partial charge in [0.2, 0.25) is 11.8 Å². The predicted octanol–water partition coefficient (Wildman–Crippen LogP) is 3.19. The number of imide groups is 1. The third-order valence-electron chi connectivity index (χ3n) is 4.84. The molecule has 8 heteroatoms. The van der Waals surface area contributed by atoms with E-state index >= 15 is 0 Å². The van der Waals surface area contributed by atoms with Crippen LogP contribution in [0.15, 0.2) is 30.4 Å². The summed E-state index contributed by atoms with van der Waals surface area (Å²) >= 11 is 5.60. The maximum Gasteiger partial charge on any atom is 0.417 e. The molecule has 4 nitrogen and oxygen atoms in total. The number of alkyl halides is 3. The van der Waals surface area contributed by atoms with Crippen LogP contribution in [0.25, 0.3) is 0 Å². The van der Waals surface area contributed by atoms with Crippen molar-refractivity contribution in [1.29, 1.82) is 0 Å². The molecule has 0 aliphatic carbocycles. The molecule has 2 amide bonds. The molecule has 0 N–H and O–H groups in total. The number of rotatable bonds is 1. The zero-order chi connectivity index (χ0) is 17.4. The number of carbonyl (C=O) groups excluding carboxylic acids is 2. The van der Waals surface area contributed by atoms with E-state index in [1.54, 1.807) is 19.1 Å². The van der Waals surface area contributed by atoms with E-state index in [4.69, 9.17) is 16.3 Å². The molecule has 4 atom stereocenters. The minimum absolute atomic E-state index is 0.126. The number of benzene rings is 1. The van der Waals surface area contributed by atoms with Gasteiger partial charge in [-0.3, -0.25) is 9.59 Å². The summed E-state index contributed by atoms with van der Waals surface area (Å²) in [6.07, 6.45) is -1.74. The predicted molar refractivity (Wildman–Crippen MR) is 78.3 cm³/mol. The van der Waals surface area contributed by atoms with E-state index in [0.717, 1.165) is 17.0 Å². The highest BCUT2D eigenvalue weighted by Crippen LogP contribution is 2.52. The van der Waals surface area contributed by atoms with Crippen molar-refractivity contribution in [2.24, 2.45) is 11.8 Å². The highest BCUT2D eigenvalue weighted by atomic mass is 35.5. The van der Waals surface area contributed by atoms with Crippen LogP contribution in [-0.4, -0.2) is 23.5 Å². The molecule has 2 fully saturated rings. The Bertz CT molecular complexity index is 806. The van der Waals surface area contributed by atoms with Crippen molar-refractivity contribution < 1.29 is 27.5 Å². The number of fused-ring (bicyclic) bond motifs is 5. The van der Waals surface area contributed by atoms with E-state index in [1.165, 1.54) is 6.07 Å². The third-order valence-corrected chi connectivity index (χ3v) is 5.17. The third kappa shape index (κ3) is 1.91. The second kappa shape index (κ2) is 4.61. The Balaban J connectivity index is 1.77. The topological polar surface area (TPSA) is 46.6 Å². The van der Waals surface area contributed by atoms with Crippen molar-refractivity contribution in [3.8, 4) is 0 Å². The van der Waals surface area contributed by atoms with Gasteiger partial charge in [-0.15, -0.1) is 0 Å². The minimum Gasteiger partial charge on any atom is -0.362 e. The Kier molecular flexibility index (Phi) is 3.01. The van der Waals surface area contributed by atoms with Crippen molar-refractivity contribution in [1.82, 2.24) is 0 Å². The Morgan fingerprint density at radius 1 is 1.25 bits per heavy atom. The van der Waals surface area contributed by atoms with Crippen molar-refractivity contribution in [3.63, 3.8) is 0 Å². The van der Waals surface area contributed by atoms with Gasteiger partial charge in [0.05, 0.1) is 39.8 Å². The number of anilines is 1. The molecule has 1 aromatic rings. The van der Waals surface area contributed by atoms with Crippen LogP contribution >= 0.6 is 11.6 Å². The maximum absolute atomic E-state index is 13.0. The average molecular weight is 358 g/mol. The molecule has 126 valence electrons. The molecule has 4 rings (SSSR count). The van der Waals surface area contributed by atoms with Gasteiger partial charge in [-0.2, -0.15) is 13.2 Å². The summed E-state index contributed by atoms with van der Waals surface area (Å²) in [5, 5.41) is -0.484. The van der Waals surface area contributed by atoms with Gasteiger partial charge in [0.1, 0.15) is 0 Å². The van der Waals surface area contributed by atoms with E-state index in [1.807, 2.05) is 0 Å². The van der Waals surface area contributed by atoms with Gasteiger partial charge >= 0.3 is 6.18 Å². The van der Waals surface area contributed by atoms with Gasteiger partial charge in [-0.25, -0.2) is 4.90 Å². The number of ether oxygens (including phenoxy) is 1. The van der Waals surface area contributed by atoms with Gasteiger partial charge < -0.3 is 4.74 Å². The van der Waals surface area contributed by atoms with Crippen molar-refractivity contribution in [2.45, 2.75) is 24.8 Å². The fourth-order valence-corrected chi connectivity index (χ4v) is 4.00. The molecular weight excluding hydrogens is 347 g/mol. The summed E-state index contributed by atoms with van der Waals surface area (Å²) in [4.78, 5) is 26.2. The second-order valence-electron chi connectivity index (χ2n) is 6.30. The summed E-state index contributed by atoms with van der Waals surface area (Å²) in [5.41, 5.74) is -2.10. The highest BCUT2D eigenvalue weighted by molar-refractivity contribution is 6.31. The van der Waals surface area contributed by atoms with Gasteiger partial charge in [-0.1, -0.05) is 23.8 Å². The molecule has 3 aliphatic rings. The smallest absolute Gasteiger partial charge is 0.362 e. The first-order valence-corrected chi connectivity index (χ1v) is 7.63. The van der Waals surface area contributed by atoms with E-state index in [0.29, 0.717) is 0 Å². The van der Waals surface area contributed by atoms with Gasteiger partial charge in [-0.05, 0) is 25.1 Å². The van der Waals surface area contributed by atoms with Gasteiger partial charge in [0.15, 0.2) is 0 Å². The van der Waals surface area contributed by atoms with Crippen molar-refractivity contribution in [2.75, 3.05) is 4.90 Å². The largest absolute Gasteiger partial charge is 0.417 e. The molecule has 3 heterocycles. The quantitative estimate of drug-likeness (QED) is 0.573. The molecule has 2 saturated heterocycles. The molecule has 3 aliphatic heterocycles. The lowest BCUT2D eigenvalue weighted by atomic mass is 9.78. The lowest BCUT2D eigenvalue weighted by Crippen LogP contribution is -2.38. The summed E-state index contributed by atoms with van der Waals surface area (Å²) < 4.78 is 44.8. The number of nitrogens with zero attached hydrogens (tertiary/aromatic N) is 1. The number of carbonyl (C=O) groups is 2. The Labute approximate surface area is 139 Å². The van der Waals surface area contributed by atoms with Gasteiger partial charge in [0, 0.05) is 0 Å². The maximum atomic E-state index is 13.0. The lowest BCUT2D eigenvalue weighted by Gasteiger charge is -2.24. The van der Waals surface area contributed by atoms with Crippen LogP contribution in [0.2, 0.25) is 5.02 Å². The fraction of sp³-hybridized carbons (Fsp3) is 0.375. The van der Waals surface area contributed by atoms with Crippen molar-refractivity contribution >= 4 is 29.1 Å².